The molecular weight excluding hydrogens is 347 g/mol. The number of hydrazine groups is 1. The maximum atomic E-state index is 13.5. The van der Waals surface area contributed by atoms with Crippen molar-refractivity contribution >= 4 is 23.6 Å². The van der Waals surface area contributed by atoms with E-state index in [1.54, 1.807) is 24.3 Å². The third kappa shape index (κ3) is 5.12. The summed E-state index contributed by atoms with van der Waals surface area (Å²) in [5.41, 5.74) is 4.87. The van der Waals surface area contributed by atoms with Crippen LogP contribution in [0.2, 0.25) is 0 Å². The van der Waals surface area contributed by atoms with E-state index in [2.05, 4.69) is 10.9 Å². The quantitative estimate of drug-likeness (QED) is 0.608. The van der Waals surface area contributed by atoms with Crippen LogP contribution in [0, 0.1) is 5.82 Å². The molecule has 0 aliphatic carbocycles. The van der Waals surface area contributed by atoms with Gasteiger partial charge in [0.25, 0.3) is 5.91 Å². The number of carbonyl (C=O) groups excluding carboxylic acids is 2. The number of carbonyl (C=O) groups is 2. The smallest absolute Gasteiger partial charge is 0.269 e. The first-order chi connectivity index (χ1) is 12.0. The van der Waals surface area contributed by atoms with Gasteiger partial charge in [0, 0.05) is 10.5 Å². The molecule has 25 heavy (non-hydrogen) atoms. The lowest BCUT2D eigenvalue weighted by Crippen LogP contribution is -2.42. The van der Waals surface area contributed by atoms with Crippen LogP contribution < -0.4 is 20.3 Å². The summed E-state index contributed by atoms with van der Waals surface area (Å²) in [4.78, 5) is 24.2. The zero-order valence-electron chi connectivity index (χ0n) is 13.7. The van der Waals surface area contributed by atoms with E-state index in [-0.39, 0.29) is 5.75 Å². The first-order valence-electron chi connectivity index (χ1n) is 7.23. The summed E-state index contributed by atoms with van der Waals surface area (Å²) in [6, 6.07) is 10.8. The maximum Gasteiger partial charge on any atom is 0.269 e. The number of amides is 2. The van der Waals surface area contributed by atoms with Gasteiger partial charge in [-0.1, -0.05) is 12.1 Å². The number of hydrogen-bond acceptors (Lipinski definition) is 5. The van der Waals surface area contributed by atoms with Gasteiger partial charge in [0.15, 0.2) is 11.5 Å². The topological polar surface area (TPSA) is 76.7 Å². The van der Waals surface area contributed by atoms with E-state index in [9.17, 15) is 14.0 Å². The Kier molecular flexibility index (Phi) is 6.64. The highest BCUT2D eigenvalue weighted by atomic mass is 32.2. The number of halogens is 1. The molecule has 0 radical (unpaired) electrons. The zero-order chi connectivity index (χ0) is 18.2. The van der Waals surface area contributed by atoms with Crippen molar-refractivity contribution in [3.63, 3.8) is 0 Å². The van der Waals surface area contributed by atoms with E-state index in [0.717, 1.165) is 11.8 Å². The number of thioether (sulfide) groups is 1. The first kappa shape index (κ1) is 18.6. The van der Waals surface area contributed by atoms with Gasteiger partial charge in [-0.3, -0.25) is 20.4 Å². The molecule has 0 aliphatic heterocycles. The van der Waals surface area contributed by atoms with Crippen molar-refractivity contribution in [2.24, 2.45) is 0 Å². The van der Waals surface area contributed by atoms with E-state index in [4.69, 9.17) is 9.47 Å². The fourth-order valence-electron chi connectivity index (χ4n) is 1.92. The Labute approximate surface area is 148 Å². The molecule has 0 spiro atoms. The third-order valence-corrected chi connectivity index (χ3v) is 4.21. The fourth-order valence-corrected chi connectivity index (χ4v) is 2.66. The van der Waals surface area contributed by atoms with Gasteiger partial charge in [-0.05, 0) is 30.3 Å². The monoisotopic (exact) mass is 364 g/mol. The Morgan fingerprint density at radius 1 is 1.04 bits per heavy atom. The normalized spacial score (nSPS) is 10.0. The van der Waals surface area contributed by atoms with Crippen LogP contribution in [-0.2, 0) is 4.79 Å². The van der Waals surface area contributed by atoms with Crippen LogP contribution in [0.1, 0.15) is 10.4 Å². The van der Waals surface area contributed by atoms with Crippen LogP contribution in [0.3, 0.4) is 0 Å². The predicted octanol–water partition coefficient (Wildman–Crippen LogP) is 2.40. The Bertz CT molecular complexity index is 770. The molecule has 0 saturated heterocycles. The van der Waals surface area contributed by atoms with Crippen molar-refractivity contribution < 1.29 is 23.5 Å². The fraction of sp³-hybridized carbons (Fsp3) is 0.176. The van der Waals surface area contributed by atoms with Gasteiger partial charge in [-0.2, -0.15) is 0 Å². The van der Waals surface area contributed by atoms with Gasteiger partial charge in [0.2, 0.25) is 5.91 Å². The highest BCUT2D eigenvalue weighted by Crippen LogP contribution is 2.27. The molecule has 0 bridgehead atoms. The lowest BCUT2D eigenvalue weighted by molar-refractivity contribution is -0.119. The predicted molar refractivity (Wildman–Crippen MR) is 92.3 cm³/mol. The van der Waals surface area contributed by atoms with Crippen LogP contribution >= 0.6 is 11.8 Å². The van der Waals surface area contributed by atoms with Crippen LogP contribution in [-0.4, -0.2) is 31.8 Å². The third-order valence-electron chi connectivity index (χ3n) is 3.16. The lowest BCUT2D eigenvalue weighted by atomic mass is 10.2. The molecular formula is C17H17FN2O4S. The van der Waals surface area contributed by atoms with Crippen LogP contribution in [0.25, 0.3) is 0 Å². The minimum atomic E-state index is -0.509. The molecule has 0 aromatic heterocycles. The molecule has 0 aliphatic rings. The molecule has 0 heterocycles. The van der Waals surface area contributed by atoms with Crippen LogP contribution in [0.15, 0.2) is 47.4 Å². The van der Waals surface area contributed by atoms with Crippen molar-refractivity contribution in [3.05, 3.63) is 53.8 Å². The van der Waals surface area contributed by atoms with Crippen LogP contribution in [0.5, 0.6) is 11.5 Å². The summed E-state index contributed by atoms with van der Waals surface area (Å²) < 4.78 is 23.7. The summed E-state index contributed by atoms with van der Waals surface area (Å²) in [6.45, 7) is 0. The first-order valence-corrected chi connectivity index (χ1v) is 8.22. The molecule has 2 aromatic rings. The Morgan fingerprint density at radius 3 is 2.44 bits per heavy atom. The average molecular weight is 364 g/mol. The molecule has 8 heteroatoms. The number of hydrogen-bond donors (Lipinski definition) is 2. The van der Waals surface area contributed by atoms with Crippen molar-refractivity contribution in [2.75, 3.05) is 20.0 Å². The van der Waals surface area contributed by atoms with Gasteiger partial charge in [0.05, 0.1) is 20.0 Å². The molecule has 0 saturated carbocycles. The second kappa shape index (κ2) is 8.93. The van der Waals surface area contributed by atoms with Crippen molar-refractivity contribution in [2.45, 2.75) is 4.90 Å². The van der Waals surface area contributed by atoms with E-state index in [0.29, 0.717) is 22.0 Å². The Morgan fingerprint density at radius 2 is 1.76 bits per heavy atom. The largest absolute Gasteiger partial charge is 0.493 e. The lowest BCUT2D eigenvalue weighted by Gasteiger charge is -2.10. The average Bonchev–Trinajstić information content (AvgIpc) is 2.64. The van der Waals surface area contributed by atoms with E-state index in [1.807, 2.05) is 0 Å². The number of nitrogens with one attached hydrogen (secondary N) is 2. The summed E-state index contributed by atoms with van der Waals surface area (Å²) >= 11 is 1.04. The molecule has 2 N–H and O–H groups in total. The second-order valence-corrected chi connectivity index (χ2v) is 5.81. The van der Waals surface area contributed by atoms with Crippen molar-refractivity contribution in [3.8, 4) is 11.5 Å². The highest BCUT2D eigenvalue weighted by Gasteiger charge is 2.12. The molecule has 132 valence electrons. The number of benzene rings is 2. The molecule has 2 amide bonds. The molecule has 0 unspecified atom stereocenters. The molecule has 2 rings (SSSR count). The van der Waals surface area contributed by atoms with E-state index >= 15 is 0 Å². The Hall–Kier alpha value is -2.74. The van der Waals surface area contributed by atoms with Gasteiger partial charge < -0.3 is 9.47 Å². The number of methoxy groups -OCH3 is 2. The SMILES string of the molecule is COc1ccc(C(=O)NNC(=O)CSc2ccccc2F)cc1OC. The Balaban J connectivity index is 1.87. The van der Waals surface area contributed by atoms with Crippen molar-refractivity contribution in [1.82, 2.24) is 10.9 Å². The van der Waals surface area contributed by atoms with Crippen LogP contribution in [0.4, 0.5) is 4.39 Å². The van der Waals surface area contributed by atoms with Gasteiger partial charge >= 0.3 is 0 Å². The van der Waals surface area contributed by atoms with E-state index in [1.165, 1.54) is 32.4 Å². The van der Waals surface area contributed by atoms with Gasteiger partial charge in [-0.25, -0.2) is 4.39 Å². The highest BCUT2D eigenvalue weighted by molar-refractivity contribution is 8.00. The zero-order valence-corrected chi connectivity index (χ0v) is 14.5. The minimum absolute atomic E-state index is 0.0346. The second-order valence-electron chi connectivity index (χ2n) is 4.79. The van der Waals surface area contributed by atoms with Gasteiger partial charge in [0.1, 0.15) is 5.82 Å². The van der Waals surface area contributed by atoms with E-state index < -0.39 is 17.6 Å². The maximum absolute atomic E-state index is 13.5. The molecule has 0 atom stereocenters. The number of rotatable bonds is 6. The molecule has 2 aromatic carbocycles. The summed E-state index contributed by atoms with van der Waals surface area (Å²) in [5, 5.41) is 0. The summed E-state index contributed by atoms with van der Waals surface area (Å²) in [5.74, 6) is -0.504. The minimum Gasteiger partial charge on any atom is -0.493 e. The van der Waals surface area contributed by atoms with Crippen molar-refractivity contribution in [1.29, 1.82) is 0 Å². The molecule has 6 nitrogen and oxygen atoms in total. The number of ether oxygens (including phenoxy) is 2. The summed E-state index contributed by atoms with van der Waals surface area (Å²) in [6.07, 6.45) is 0. The molecule has 0 fully saturated rings. The summed E-state index contributed by atoms with van der Waals surface area (Å²) in [7, 11) is 2.95. The standard InChI is InChI=1S/C17H17FN2O4S/c1-23-13-8-7-11(9-14(13)24-2)17(22)20-19-16(21)10-25-15-6-4-3-5-12(15)18/h3-9H,10H2,1-2H3,(H,19,21)(H,20,22). The van der Waals surface area contributed by atoms with Gasteiger partial charge in [-0.15, -0.1) is 11.8 Å².